The van der Waals surface area contributed by atoms with Gasteiger partial charge in [0.25, 0.3) is 0 Å². The van der Waals surface area contributed by atoms with Gasteiger partial charge in [-0.05, 0) is 25.5 Å². The Balaban J connectivity index is 2.95. The predicted octanol–water partition coefficient (Wildman–Crippen LogP) is 0.641. The van der Waals surface area contributed by atoms with Gasteiger partial charge >= 0.3 is 8.80 Å². The average molecular weight is 260 g/mol. The highest BCUT2D eigenvalue weighted by molar-refractivity contribution is 6.61. The Kier molecular flexibility index (Phi) is 4.27. The molecule has 1 fully saturated rings. The van der Waals surface area contributed by atoms with Crippen LogP contribution in [0.5, 0.6) is 0 Å². The molecule has 0 aromatic carbocycles. The second-order valence-electron chi connectivity index (χ2n) is 4.78. The molecule has 6 heteroatoms. The van der Waals surface area contributed by atoms with Crippen molar-refractivity contribution in [1.82, 2.24) is 0 Å². The minimum atomic E-state index is -3.24. The molecule has 0 spiro atoms. The maximum Gasteiger partial charge on any atom is 0.501 e. The van der Waals surface area contributed by atoms with Crippen LogP contribution in [0.2, 0.25) is 5.54 Å². The number of ketones is 1. The van der Waals surface area contributed by atoms with Crippen LogP contribution in [0.4, 0.5) is 0 Å². The summed E-state index contributed by atoms with van der Waals surface area (Å²) < 4.78 is 10.9. The summed E-state index contributed by atoms with van der Waals surface area (Å²) in [7, 11) is -3.24. The van der Waals surface area contributed by atoms with E-state index in [9.17, 15) is 14.7 Å². The molecule has 0 amide bonds. The van der Waals surface area contributed by atoms with Crippen LogP contribution in [-0.2, 0) is 13.6 Å². The molecular formula is C11H20O5Si. The minimum absolute atomic E-state index is 0.0784. The van der Waals surface area contributed by atoms with Crippen LogP contribution in [-0.4, -0.2) is 43.3 Å². The lowest BCUT2D eigenvalue weighted by molar-refractivity contribution is -0.113. The Bertz CT molecular complexity index is 341. The second-order valence-corrected chi connectivity index (χ2v) is 7.69. The molecule has 1 rings (SSSR count). The van der Waals surface area contributed by atoms with Crippen molar-refractivity contribution in [1.29, 1.82) is 0 Å². The van der Waals surface area contributed by atoms with E-state index in [1.165, 1.54) is 6.92 Å². The van der Waals surface area contributed by atoms with Gasteiger partial charge in [-0.2, -0.15) is 0 Å². The molecule has 5 nitrogen and oxygen atoms in total. The van der Waals surface area contributed by atoms with Crippen LogP contribution in [0.25, 0.3) is 0 Å². The van der Waals surface area contributed by atoms with E-state index in [0.717, 1.165) is 0 Å². The van der Waals surface area contributed by atoms with Crippen molar-refractivity contribution in [3.63, 3.8) is 0 Å². The van der Waals surface area contributed by atoms with Gasteiger partial charge in [0.1, 0.15) is 5.60 Å². The molecule has 1 aliphatic rings. The first-order valence-electron chi connectivity index (χ1n) is 5.62. The third-order valence-electron chi connectivity index (χ3n) is 2.90. The maximum atomic E-state index is 11.2. The van der Waals surface area contributed by atoms with E-state index in [-0.39, 0.29) is 24.5 Å². The number of Topliss-reactive ketones (excluding diaryl/α,β-unsaturated/α-hetero) is 1. The average Bonchev–Trinajstić information content (AvgIpc) is 2.58. The van der Waals surface area contributed by atoms with Gasteiger partial charge in [0.15, 0.2) is 5.78 Å². The molecule has 2 unspecified atom stereocenters. The lowest BCUT2D eigenvalue weighted by Crippen LogP contribution is -2.44. The molecule has 0 aromatic rings. The standard InChI is InChI=1S/C11H20O5Si/c1-8(2)17(14)15-7-11(6-12,16-17)5-9(3)10(4)13/h5,8,12,14H,6-7H2,1-4H3/b9-5+. The van der Waals surface area contributed by atoms with Crippen LogP contribution < -0.4 is 0 Å². The number of carbonyl (C=O) groups excluding carboxylic acids is 1. The van der Waals surface area contributed by atoms with Gasteiger partial charge in [-0.3, -0.25) is 4.79 Å². The van der Waals surface area contributed by atoms with Gasteiger partial charge in [0.05, 0.1) is 13.2 Å². The van der Waals surface area contributed by atoms with Crippen molar-refractivity contribution in [2.24, 2.45) is 0 Å². The predicted molar refractivity (Wildman–Crippen MR) is 64.4 cm³/mol. The molecule has 2 N–H and O–H groups in total. The van der Waals surface area contributed by atoms with Gasteiger partial charge in [-0.25, -0.2) is 0 Å². The van der Waals surface area contributed by atoms with Crippen LogP contribution in [0.3, 0.4) is 0 Å². The van der Waals surface area contributed by atoms with E-state index in [1.807, 2.05) is 0 Å². The third kappa shape index (κ3) is 3.02. The molecule has 0 aromatic heterocycles. The van der Waals surface area contributed by atoms with Gasteiger partial charge in [0, 0.05) is 5.54 Å². The van der Waals surface area contributed by atoms with Gasteiger partial charge < -0.3 is 18.8 Å². The van der Waals surface area contributed by atoms with E-state index in [2.05, 4.69) is 0 Å². The van der Waals surface area contributed by atoms with Gasteiger partial charge in [0.2, 0.25) is 0 Å². The second kappa shape index (κ2) is 4.99. The van der Waals surface area contributed by atoms with E-state index in [1.54, 1.807) is 26.8 Å². The summed E-state index contributed by atoms with van der Waals surface area (Å²) in [5.41, 5.74) is -0.729. The molecule has 1 aliphatic heterocycles. The molecule has 2 atom stereocenters. The Labute approximate surface area is 102 Å². The summed E-state index contributed by atoms with van der Waals surface area (Å²) in [6.45, 7) is 6.47. The third-order valence-corrected chi connectivity index (χ3v) is 5.62. The first kappa shape index (κ1) is 14.5. The van der Waals surface area contributed by atoms with Crippen LogP contribution >= 0.6 is 0 Å². The summed E-state index contributed by atoms with van der Waals surface area (Å²) in [6, 6.07) is 0. The summed E-state index contributed by atoms with van der Waals surface area (Å²) in [5, 5.41) is 9.41. The largest absolute Gasteiger partial charge is 0.501 e. The summed E-state index contributed by atoms with van der Waals surface area (Å²) >= 11 is 0. The SMILES string of the molecule is CC(=O)/C(C)=C/C1(CO)CO[Si](O)(C(C)C)O1. The molecule has 1 heterocycles. The van der Waals surface area contributed by atoms with Crippen molar-refractivity contribution in [3.8, 4) is 0 Å². The normalized spacial score (nSPS) is 34.4. The quantitative estimate of drug-likeness (QED) is 0.573. The fourth-order valence-corrected chi connectivity index (χ4v) is 3.40. The van der Waals surface area contributed by atoms with Crippen molar-refractivity contribution in [2.75, 3.05) is 13.2 Å². The molecule has 0 saturated carbocycles. The Morgan fingerprint density at radius 1 is 1.53 bits per heavy atom. The lowest BCUT2D eigenvalue weighted by atomic mass is 10.0. The Morgan fingerprint density at radius 2 is 2.12 bits per heavy atom. The number of hydrogen-bond acceptors (Lipinski definition) is 5. The first-order chi connectivity index (χ1) is 7.75. The highest BCUT2D eigenvalue weighted by Gasteiger charge is 2.54. The summed E-state index contributed by atoms with van der Waals surface area (Å²) in [6.07, 6.45) is 1.54. The topological polar surface area (TPSA) is 76.0 Å². The van der Waals surface area contributed by atoms with Crippen LogP contribution in [0, 0.1) is 0 Å². The molecule has 0 radical (unpaired) electrons. The smallest absolute Gasteiger partial charge is 0.393 e. The zero-order valence-electron chi connectivity index (χ0n) is 10.7. The summed E-state index contributed by atoms with van der Waals surface area (Å²) in [4.78, 5) is 21.3. The zero-order valence-corrected chi connectivity index (χ0v) is 11.7. The summed E-state index contributed by atoms with van der Waals surface area (Å²) in [5.74, 6) is -0.0944. The molecule has 0 bridgehead atoms. The molecule has 98 valence electrons. The van der Waals surface area contributed by atoms with Gasteiger partial charge in [-0.1, -0.05) is 13.8 Å². The highest BCUT2D eigenvalue weighted by Crippen LogP contribution is 2.35. The monoisotopic (exact) mass is 260 g/mol. The van der Waals surface area contributed by atoms with Crippen LogP contribution in [0.15, 0.2) is 11.6 Å². The number of aliphatic hydroxyl groups excluding tert-OH is 1. The van der Waals surface area contributed by atoms with E-state index < -0.39 is 14.4 Å². The number of rotatable bonds is 4. The fourth-order valence-electron chi connectivity index (χ4n) is 1.55. The Hall–Kier alpha value is -0.533. The van der Waals surface area contributed by atoms with E-state index in [4.69, 9.17) is 8.85 Å². The Morgan fingerprint density at radius 3 is 2.47 bits per heavy atom. The number of hydrogen-bond donors (Lipinski definition) is 2. The number of allylic oxidation sites excluding steroid dienone is 1. The van der Waals surface area contributed by atoms with Crippen molar-refractivity contribution < 1.29 is 23.5 Å². The van der Waals surface area contributed by atoms with Gasteiger partial charge in [-0.15, -0.1) is 0 Å². The highest BCUT2D eigenvalue weighted by atomic mass is 28.4. The van der Waals surface area contributed by atoms with E-state index in [0.29, 0.717) is 5.57 Å². The fraction of sp³-hybridized carbons (Fsp3) is 0.727. The lowest BCUT2D eigenvalue weighted by Gasteiger charge is -2.26. The van der Waals surface area contributed by atoms with Crippen molar-refractivity contribution >= 4 is 14.6 Å². The zero-order chi connectivity index (χ0) is 13.3. The molecule has 0 aliphatic carbocycles. The van der Waals surface area contributed by atoms with Crippen LogP contribution in [0.1, 0.15) is 27.7 Å². The number of aliphatic hydroxyl groups is 1. The van der Waals surface area contributed by atoms with E-state index >= 15 is 0 Å². The molecule has 1 saturated heterocycles. The maximum absolute atomic E-state index is 11.2. The number of carbonyl (C=O) groups is 1. The van der Waals surface area contributed by atoms with Crippen molar-refractivity contribution in [2.45, 2.75) is 38.8 Å². The first-order valence-corrected chi connectivity index (χ1v) is 7.46. The minimum Gasteiger partial charge on any atom is -0.393 e. The molecule has 17 heavy (non-hydrogen) atoms. The van der Waals surface area contributed by atoms with Crippen molar-refractivity contribution in [3.05, 3.63) is 11.6 Å². The molecular weight excluding hydrogens is 240 g/mol.